The predicted molar refractivity (Wildman–Crippen MR) is 99.3 cm³/mol. The minimum Gasteiger partial charge on any atom is -0.491 e. The highest BCUT2D eigenvalue weighted by Crippen LogP contribution is 2.39. The van der Waals surface area contributed by atoms with Gasteiger partial charge < -0.3 is 20.1 Å². The van der Waals surface area contributed by atoms with Crippen LogP contribution in [0.4, 0.5) is 10.1 Å². The van der Waals surface area contributed by atoms with Gasteiger partial charge in [0.1, 0.15) is 24.3 Å². The fourth-order valence-corrected chi connectivity index (χ4v) is 3.55. The van der Waals surface area contributed by atoms with Gasteiger partial charge in [-0.1, -0.05) is 18.2 Å². The monoisotopic (exact) mass is 369 g/mol. The van der Waals surface area contributed by atoms with Gasteiger partial charge in [-0.3, -0.25) is 10.1 Å². The summed E-state index contributed by atoms with van der Waals surface area (Å²) < 4.78 is 20.1. The molecule has 2 aromatic carbocycles. The number of nitrogens with zero attached hydrogens (tertiary/aromatic N) is 1. The highest BCUT2D eigenvalue weighted by molar-refractivity contribution is 5.96. The number of aliphatic hydroxyl groups excluding tert-OH is 1. The summed E-state index contributed by atoms with van der Waals surface area (Å²) in [6, 6.07) is 14.2. The number of halogens is 1. The van der Waals surface area contributed by atoms with Crippen LogP contribution in [0, 0.1) is 11.7 Å². The number of carbonyl (C=O) groups excluding carboxylic acids is 1. The van der Waals surface area contributed by atoms with E-state index < -0.39 is 11.7 Å². The van der Waals surface area contributed by atoms with Crippen molar-refractivity contribution in [1.29, 1.82) is 0 Å². The van der Waals surface area contributed by atoms with Gasteiger partial charge in [0.25, 0.3) is 0 Å². The van der Waals surface area contributed by atoms with Gasteiger partial charge in [-0.05, 0) is 29.8 Å². The van der Waals surface area contributed by atoms with Crippen molar-refractivity contribution in [3.8, 4) is 5.75 Å². The number of nitrogens with one attached hydrogen (secondary N) is 2. The van der Waals surface area contributed by atoms with E-state index in [1.165, 1.54) is 6.07 Å². The summed E-state index contributed by atoms with van der Waals surface area (Å²) in [5.41, 5.74) is 1.89. The SMILES string of the molecule is O=C1NCNC2C1C(c1ccc(OCCO)cc1F)=CN2c1ccccc1. The van der Waals surface area contributed by atoms with Gasteiger partial charge in [0, 0.05) is 23.5 Å². The van der Waals surface area contributed by atoms with E-state index in [4.69, 9.17) is 9.84 Å². The molecule has 0 bridgehead atoms. The Morgan fingerprint density at radius 3 is 2.78 bits per heavy atom. The predicted octanol–water partition coefficient (Wildman–Crippen LogP) is 1.68. The summed E-state index contributed by atoms with van der Waals surface area (Å²) in [5.74, 6) is -0.795. The van der Waals surface area contributed by atoms with Crippen molar-refractivity contribution in [3.05, 3.63) is 66.1 Å². The molecule has 4 rings (SSSR count). The standard InChI is InChI=1S/C20H20FN3O3/c21-17-10-14(27-9-8-25)6-7-15(17)16-11-24(13-4-2-1-3-5-13)19-18(16)20(26)23-12-22-19/h1-7,10-11,18-19,22,25H,8-9,12H2,(H,23,26). The van der Waals surface area contributed by atoms with Crippen molar-refractivity contribution in [2.75, 3.05) is 24.8 Å². The van der Waals surface area contributed by atoms with Crippen LogP contribution in [-0.4, -0.2) is 37.1 Å². The van der Waals surface area contributed by atoms with Crippen molar-refractivity contribution in [2.24, 2.45) is 5.92 Å². The first-order chi connectivity index (χ1) is 13.2. The molecule has 1 amide bonds. The summed E-state index contributed by atoms with van der Waals surface area (Å²) in [5, 5.41) is 14.9. The van der Waals surface area contributed by atoms with Crippen LogP contribution in [0.3, 0.4) is 0 Å². The summed E-state index contributed by atoms with van der Waals surface area (Å²) in [7, 11) is 0. The first-order valence-corrected chi connectivity index (χ1v) is 8.79. The van der Waals surface area contributed by atoms with Crippen molar-refractivity contribution in [2.45, 2.75) is 6.17 Å². The highest BCUT2D eigenvalue weighted by atomic mass is 19.1. The lowest BCUT2D eigenvalue weighted by Gasteiger charge is -2.34. The molecule has 0 saturated carbocycles. The van der Waals surface area contributed by atoms with Gasteiger partial charge >= 0.3 is 0 Å². The van der Waals surface area contributed by atoms with Crippen LogP contribution in [0.15, 0.2) is 54.7 Å². The third kappa shape index (κ3) is 3.27. The van der Waals surface area contributed by atoms with Crippen LogP contribution in [0.25, 0.3) is 5.57 Å². The molecule has 3 N–H and O–H groups in total. The Labute approximate surface area is 156 Å². The first-order valence-electron chi connectivity index (χ1n) is 8.79. The molecule has 27 heavy (non-hydrogen) atoms. The molecule has 0 aromatic heterocycles. The Morgan fingerprint density at radius 1 is 1.22 bits per heavy atom. The fourth-order valence-electron chi connectivity index (χ4n) is 3.55. The van der Waals surface area contributed by atoms with Gasteiger partial charge in [-0.2, -0.15) is 0 Å². The van der Waals surface area contributed by atoms with Crippen molar-refractivity contribution >= 4 is 17.2 Å². The second-order valence-electron chi connectivity index (χ2n) is 6.39. The first kappa shape index (κ1) is 17.5. The number of amides is 1. The van der Waals surface area contributed by atoms with E-state index >= 15 is 0 Å². The molecule has 2 unspecified atom stereocenters. The molecule has 2 aliphatic heterocycles. The molecule has 2 aromatic rings. The largest absolute Gasteiger partial charge is 0.491 e. The number of para-hydroxylation sites is 1. The van der Waals surface area contributed by atoms with Crippen molar-refractivity contribution in [1.82, 2.24) is 10.6 Å². The number of benzene rings is 2. The minimum atomic E-state index is -0.530. The number of anilines is 1. The maximum Gasteiger partial charge on any atom is 0.232 e. The minimum absolute atomic E-state index is 0.0975. The number of hydrogen-bond acceptors (Lipinski definition) is 5. The lowest BCUT2D eigenvalue weighted by atomic mass is 9.91. The van der Waals surface area contributed by atoms with Crippen molar-refractivity contribution < 1.29 is 19.0 Å². The lowest BCUT2D eigenvalue weighted by molar-refractivity contribution is -0.125. The van der Waals surface area contributed by atoms with E-state index in [1.54, 1.807) is 12.1 Å². The van der Waals surface area contributed by atoms with E-state index in [-0.39, 0.29) is 25.3 Å². The molecule has 2 heterocycles. The quantitative estimate of drug-likeness (QED) is 0.748. The maximum absolute atomic E-state index is 14.8. The summed E-state index contributed by atoms with van der Waals surface area (Å²) >= 11 is 0. The van der Waals surface area contributed by atoms with Crippen molar-refractivity contribution in [3.63, 3.8) is 0 Å². The summed E-state index contributed by atoms with van der Waals surface area (Å²) in [4.78, 5) is 14.5. The zero-order chi connectivity index (χ0) is 18.8. The number of rotatable bonds is 5. The molecule has 0 spiro atoms. The smallest absolute Gasteiger partial charge is 0.232 e. The molecule has 0 aliphatic carbocycles. The molecule has 6 nitrogen and oxygen atoms in total. The molecule has 0 radical (unpaired) electrons. The number of aliphatic hydroxyl groups is 1. The van der Waals surface area contributed by atoms with Gasteiger partial charge in [0.15, 0.2) is 0 Å². The van der Waals surface area contributed by atoms with Crippen LogP contribution in [0.1, 0.15) is 5.56 Å². The fraction of sp³-hybridized carbons (Fsp3) is 0.250. The number of fused-ring (bicyclic) bond motifs is 1. The molecule has 2 atom stereocenters. The number of carbonyl (C=O) groups is 1. The van der Waals surface area contributed by atoms with Crippen LogP contribution in [-0.2, 0) is 4.79 Å². The molecule has 7 heteroatoms. The van der Waals surface area contributed by atoms with E-state index in [9.17, 15) is 9.18 Å². The summed E-state index contributed by atoms with van der Waals surface area (Å²) in [6.07, 6.45) is 1.55. The Balaban J connectivity index is 1.72. The van der Waals surface area contributed by atoms with E-state index in [0.29, 0.717) is 23.6 Å². The molecule has 1 saturated heterocycles. The molecular weight excluding hydrogens is 349 g/mol. The normalized spacial score (nSPS) is 21.5. The molecule has 140 valence electrons. The van der Waals surface area contributed by atoms with E-state index in [0.717, 1.165) is 5.69 Å². The van der Waals surface area contributed by atoms with E-state index in [1.807, 2.05) is 41.4 Å². The van der Waals surface area contributed by atoms with Gasteiger partial charge in [-0.25, -0.2) is 4.39 Å². The second-order valence-corrected chi connectivity index (χ2v) is 6.39. The molecule has 1 fully saturated rings. The Hall–Kier alpha value is -2.90. The Morgan fingerprint density at radius 2 is 2.04 bits per heavy atom. The summed E-state index contributed by atoms with van der Waals surface area (Å²) in [6.45, 7) is 0.317. The molecule has 2 aliphatic rings. The highest BCUT2D eigenvalue weighted by Gasteiger charge is 2.43. The maximum atomic E-state index is 14.8. The zero-order valence-corrected chi connectivity index (χ0v) is 14.6. The topological polar surface area (TPSA) is 73.8 Å². The third-order valence-corrected chi connectivity index (χ3v) is 4.75. The number of hydrogen-bond donors (Lipinski definition) is 3. The average Bonchev–Trinajstić information content (AvgIpc) is 3.08. The zero-order valence-electron chi connectivity index (χ0n) is 14.6. The Bertz CT molecular complexity index is 872. The van der Waals surface area contributed by atoms with Gasteiger partial charge in [-0.15, -0.1) is 0 Å². The van der Waals surface area contributed by atoms with Gasteiger partial charge in [0.05, 0.1) is 19.2 Å². The van der Waals surface area contributed by atoms with Crippen LogP contribution < -0.4 is 20.3 Å². The molecular formula is C20H20FN3O3. The second kappa shape index (κ2) is 7.38. The van der Waals surface area contributed by atoms with Crippen LogP contribution >= 0.6 is 0 Å². The lowest BCUT2D eigenvalue weighted by Crippen LogP contribution is -2.58. The Kier molecular flexibility index (Phi) is 4.79. The van der Waals surface area contributed by atoms with Crippen LogP contribution in [0.5, 0.6) is 5.75 Å². The third-order valence-electron chi connectivity index (χ3n) is 4.75. The van der Waals surface area contributed by atoms with Gasteiger partial charge in [0.2, 0.25) is 5.91 Å². The number of ether oxygens (including phenoxy) is 1. The van der Waals surface area contributed by atoms with Crippen LogP contribution in [0.2, 0.25) is 0 Å². The van der Waals surface area contributed by atoms with E-state index in [2.05, 4.69) is 10.6 Å². The average molecular weight is 369 g/mol.